The summed E-state index contributed by atoms with van der Waals surface area (Å²) in [6, 6.07) is 8.60. The Balaban J connectivity index is 1.77. The third kappa shape index (κ3) is 3.68. The predicted molar refractivity (Wildman–Crippen MR) is 110 cm³/mol. The fraction of sp³-hybridized carbons (Fsp3) is 0.364. The maximum absolute atomic E-state index is 12.9. The maximum Gasteiger partial charge on any atom is 0.295 e. The van der Waals surface area contributed by atoms with E-state index in [9.17, 15) is 14.7 Å². The average molecular weight is 413 g/mol. The summed E-state index contributed by atoms with van der Waals surface area (Å²) in [4.78, 5) is 28.0. The summed E-state index contributed by atoms with van der Waals surface area (Å²) in [6.45, 7) is 1.56. The lowest BCUT2D eigenvalue weighted by Gasteiger charge is -2.24. The van der Waals surface area contributed by atoms with Crippen LogP contribution in [0.3, 0.4) is 0 Å². The second kappa shape index (κ2) is 8.39. The lowest BCUT2D eigenvalue weighted by atomic mass is 9.97. The van der Waals surface area contributed by atoms with Crippen molar-refractivity contribution in [3.05, 3.63) is 57.3 Å². The van der Waals surface area contributed by atoms with Crippen LogP contribution < -0.4 is 4.74 Å². The molecule has 6 nitrogen and oxygen atoms in total. The molecule has 1 amide bonds. The number of thiophene rings is 1. The monoisotopic (exact) mass is 413 g/mol. The van der Waals surface area contributed by atoms with Gasteiger partial charge >= 0.3 is 0 Å². The fourth-order valence-corrected chi connectivity index (χ4v) is 4.74. The second-order valence-electron chi connectivity index (χ2n) is 7.13. The van der Waals surface area contributed by atoms with Crippen molar-refractivity contribution in [3.63, 3.8) is 0 Å². The molecule has 3 heterocycles. The Bertz CT molecular complexity index is 950. The number of fused-ring (bicyclic) bond motifs is 1. The molecule has 0 saturated carbocycles. The number of carbonyl (C=O) groups excluding carboxylic acids is 2. The van der Waals surface area contributed by atoms with Gasteiger partial charge in [0, 0.05) is 30.7 Å². The van der Waals surface area contributed by atoms with Crippen molar-refractivity contribution in [1.29, 1.82) is 0 Å². The minimum absolute atomic E-state index is 0.135. The first-order chi connectivity index (χ1) is 14.1. The zero-order chi connectivity index (χ0) is 20.4. The molecule has 1 N–H and O–H groups in total. The molecule has 29 heavy (non-hydrogen) atoms. The molecule has 0 radical (unpaired) electrons. The number of likely N-dealkylation sites (tertiary alicyclic amines) is 1. The van der Waals surface area contributed by atoms with Gasteiger partial charge in [0.25, 0.3) is 11.7 Å². The Hall–Kier alpha value is -2.64. The number of rotatable bonds is 6. The van der Waals surface area contributed by atoms with Gasteiger partial charge in [-0.2, -0.15) is 0 Å². The zero-order valence-corrected chi connectivity index (χ0v) is 17.0. The van der Waals surface area contributed by atoms with E-state index in [-0.39, 0.29) is 11.3 Å². The molecule has 2 aromatic rings. The summed E-state index contributed by atoms with van der Waals surface area (Å²) in [6.07, 6.45) is 2.38. The molecule has 0 bridgehead atoms. The van der Waals surface area contributed by atoms with Gasteiger partial charge in [-0.1, -0.05) is 6.07 Å². The number of aryl methyl sites for hydroxylation is 1. The van der Waals surface area contributed by atoms with Gasteiger partial charge in [0.2, 0.25) is 0 Å². The van der Waals surface area contributed by atoms with E-state index in [1.54, 1.807) is 18.1 Å². The van der Waals surface area contributed by atoms with Crippen LogP contribution in [0.2, 0.25) is 0 Å². The van der Waals surface area contributed by atoms with E-state index in [1.165, 1.54) is 11.3 Å². The van der Waals surface area contributed by atoms with Crippen LogP contribution in [0.1, 0.15) is 34.9 Å². The second-order valence-corrected chi connectivity index (χ2v) is 8.11. The van der Waals surface area contributed by atoms with Crippen molar-refractivity contribution in [3.8, 4) is 5.75 Å². The summed E-state index contributed by atoms with van der Waals surface area (Å²) in [7, 11) is 1.60. The molecule has 1 saturated heterocycles. The highest BCUT2D eigenvalue weighted by Gasteiger charge is 2.46. The molecule has 0 spiro atoms. The molecule has 1 atom stereocenters. The van der Waals surface area contributed by atoms with Gasteiger partial charge in [0.1, 0.15) is 11.5 Å². The van der Waals surface area contributed by atoms with Crippen LogP contribution in [0, 0.1) is 0 Å². The summed E-state index contributed by atoms with van der Waals surface area (Å²) in [5.41, 5.74) is 1.68. The van der Waals surface area contributed by atoms with E-state index < -0.39 is 17.7 Å². The first kappa shape index (κ1) is 19.7. The van der Waals surface area contributed by atoms with Crippen molar-refractivity contribution >= 4 is 28.8 Å². The van der Waals surface area contributed by atoms with Crippen LogP contribution >= 0.6 is 11.3 Å². The first-order valence-electron chi connectivity index (χ1n) is 9.68. The lowest BCUT2D eigenvalue weighted by molar-refractivity contribution is -0.140. The van der Waals surface area contributed by atoms with Crippen LogP contribution in [-0.2, 0) is 20.7 Å². The topological polar surface area (TPSA) is 76.1 Å². The van der Waals surface area contributed by atoms with Gasteiger partial charge in [-0.15, -0.1) is 11.3 Å². The number of carbonyl (C=O) groups is 2. The van der Waals surface area contributed by atoms with Gasteiger partial charge in [-0.05, 0) is 54.5 Å². The molecule has 1 aromatic carbocycles. The molecule has 2 aliphatic rings. The molecule has 2 aliphatic heterocycles. The van der Waals surface area contributed by atoms with Gasteiger partial charge in [0.05, 0.1) is 18.2 Å². The molecule has 4 rings (SSSR count). The van der Waals surface area contributed by atoms with Crippen LogP contribution in [0.4, 0.5) is 0 Å². The number of aliphatic hydroxyl groups is 1. The molecule has 1 unspecified atom stereocenters. The zero-order valence-electron chi connectivity index (χ0n) is 16.2. The molecule has 0 aliphatic carbocycles. The highest BCUT2D eigenvalue weighted by Crippen LogP contribution is 2.41. The minimum Gasteiger partial charge on any atom is -0.507 e. The lowest BCUT2D eigenvalue weighted by Crippen LogP contribution is -2.31. The number of hydrogen-bond donors (Lipinski definition) is 1. The molecule has 152 valence electrons. The van der Waals surface area contributed by atoms with Gasteiger partial charge < -0.3 is 19.5 Å². The summed E-state index contributed by atoms with van der Waals surface area (Å²) in [5.74, 6) is -0.554. The molecule has 1 fully saturated rings. The summed E-state index contributed by atoms with van der Waals surface area (Å²) < 4.78 is 10.7. The van der Waals surface area contributed by atoms with Gasteiger partial charge in [-0.25, -0.2) is 0 Å². The number of hydrogen-bond acceptors (Lipinski definition) is 6. The molecular formula is C22H23NO5S. The van der Waals surface area contributed by atoms with E-state index in [4.69, 9.17) is 9.47 Å². The first-order valence-corrected chi connectivity index (χ1v) is 10.6. The Morgan fingerprint density at radius 2 is 2.21 bits per heavy atom. The fourth-order valence-electron chi connectivity index (χ4n) is 3.90. The van der Waals surface area contributed by atoms with Crippen LogP contribution in [0.25, 0.3) is 5.76 Å². The van der Waals surface area contributed by atoms with Gasteiger partial charge in [-0.3, -0.25) is 9.59 Å². The van der Waals surface area contributed by atoms with E-state index in [0.29, 0.717) is 31.7 Å². The van der Waals surface area contributed by atoms with Crippen LogP contribution in [0.15, 0.2) is 41.3 Å². The Labute approximate surface area is 173 Å². The van der Waals surface area contributed by atoms with Crippen molar-refractivity contribution in [2.75, 3.05) is 26.9 Å². The third-order valence-electron chi connectivity index (χ3n) is 5.28. The quantitative estimate of drug-likeness (QED) is 0.339. The molecular weight excluding hydrogens is 390 g/mol. The highest BCUT2D eigenvalue weighted by atomic mass is 32.1. The summed E-state index contributed by atoms with van der Waals surface area (Å²) >= 11 is 1.46. The largest absolute Gasteiger partial charge is 0.507 e. The number of amides is 1. The SMILES string of the molecule is COCCCN1C(=O)C(=O)/C(=C(\O)c2ccc3c(c2)CCCO3)C1c1cccs1. The van der Waals surface area contributed by atoms with Crippen LogP contribution in [-0.4, -0.2) is 48.6 Å². The summed E-state index contributed by atoms with van der Waals surface area (Å²) in [5, 5.41) is 13.0. The van der Waals surface area contributed by atoms with Crippen molar-refractivity contribution in [2.45, 2.75) is 25.3 Å². The smallest absolute Gasteiger partial charge is 0.295 e. The van der Waals surface area contributed by atoms with Gasteiger partial charge in [0.15, 0.2) is 0 Å². The normalized spacial score (nSPS) is 20.6. The van der Waals surface area contributed by atoms with E-state index in [2.05, 4.69) is 0 Å². The Morgan fingerprint density at radius 3 is 2.97 bits per heavy atom. The van der Waals surface area contributed by atoms with E-state index in [1.807, 2.05) is 29.6 Å². The minimum atomic E-state index is -0.646. The highest BCUT2D eigenvalue weighted by molar-refractivity contribution is 7.10. The Kier molecular flexibility index (Phi) is 5.69. The third-order valence-corrected chi connectivity index (χ3v) is 6.21. The van der Waals surface area contributed by atoms with Crippen LogP contribution in [0.5, 0.6) is 5.75 Å². The number of Topliss-reactive ketones (excluding diaryl/α,β-unsaturated/α-hetero) is 1. The number of methoxy groups -OCH3 is 1. The molecule has 1 aromatic heterocycles. The van der Waals surface area contributed by atoms with E-state index >= 15 is 0 Å². The average Bonchev–Trinajstić information content (AvgIpc) is 3.35. The van der Waals surface area contributed by atoms with Crippen molar-refractivity contribution in [1.82, 2.24) is 4.90 Å². The van der Waals surface area contributed by atoms with Crippen molar-refractivity contribution in [2.24, 2.45) is 0 Å². The number of ether oxygens (including phenoxy) is 2. The standard InChI is InChI=1S/C22H23NO5S/c1-27-10-4-9-23-19(17-6-3-12-29-17)18(21(25)22(23)26)20(24)15-7-8-16-14(13-15)5-2-11-28-16/h3,6-8,12-13,19,24H,2,4-5,9-11H2,1H3/b20-18-. The Morgan fingerprint density at radius 1 is 1.34 bits per heavy atom. The number of ketones is 1. The number of aliphatic hydroxyl groups excluding tert-OH is 1. The van der Waals surface area contributed by atoms with Crippen molar-refractivity contribution < 1.29 is 24.2 Å². The predicted octanol–water partition coefficient (Wildman–Crippen LogP) is 3.53. The van der Waals surface area contributed by atoms with E-state index in [0.717, 1.165) is 29.0 Å². The maximum atomic E-state index is 12.9. The number of benzene rings is 1. The molecule has 7 heteroatoms. The number of nitrogens with zero attached hydrogens (tertiary/aromatic N) is 1.